The van der Waals surface area contributed by atoms with Crippen molar-refractivity contribution in [2.75, 3.05) is 19.7 Å². The molecule has 3 N–H and O–H groups in total. The summed E-state index contributed by atoms with van der Waals surface area (Å²) in [6.45, 7) is 7.40. The molecule has 0 radical (unpaired) electrons. The summed E-state index contributed by atoms with van der Waals surface area (Å²) >= 11 is 0. The van der Waals surface area contributed by atoms with Crippen LogP contribution in [-0.4, -0.2) is 42.8 Å². The Balaban J connectivity index is 1.91. The number of hydrazine groups is 1. The molecule has 2 fully saturated rings. The highest BCUT2D eigenvalue weighted by atomic mass is 16.5. The van der Waals surface area contributed by atoms with E-state index in [0.29, 0.717) is 12.1 Å². The van der Waals surface area contributed by atoms with Crippen LogP contribution in [0.15, 0.2) is 0 Å². The Morgan fingerprint density at radius 2 is 2.12 bits per heavy atom. The summed E-state index contributed by atoms with van der Waals surface area (Å²) in [4.78, 5) is 2.48. The molecule has 1 saturated carbocycles. The number of nitrogens with zero attached hydrogens (tertiary/aromatic N) is 1. The summed E-state index contributed by atoms with van der Waals surface area (Å²) in [5.41, 5.74) is 2.98. The van der Waals surface area contributed by atoms with E-state index in [1.807, 2.05) is 0 Å². The first-order valence-corrected chi connectivity index (χ1v) is 6.54. The Labute approximate surface area is 98.5 Å². The van der Waals surface area contributed by atoms with Gasteiger partial charge in [0.1, 0.15) is 0 Å². The molecule has 2 rings (SSSR count). The van der Waals surface area contributed by atoms with Gasteiger partial charge in [-0.15, -0.1) is 0 Å². The first kappa shape index (κ1) is 12.3. The maximum atomic E-state index is 5.88. The standard InChI is InChI=1S/C12H25N3O/c1-9(2)15-6-7-16-11(8-15)12(14-13)10-4-3-5-10/h9-12,14H,3-8,13H2,1-2H3. The van der Waals surface area contributed by atoms with E-state index in [0.717, 1.165) is 25.6 Å². The number of hydrogen-bond acceptors (Lipinski definition) is 4. The zero-order chi connectivity index (χ0) is 11.5. The van der Waals surface area contributed by atoms with Crippen LogP contribution in [0.5, 0.6) is 0 Å². The molecule has 0 aromatic rings. The van der Waals surface area contributed by atoms with E-state index in [1.54, 1.807) is 0 Å². The Kier molecular flexibility index (Phi) is 4.19. The van der Waals surface area contributed by atoms with Gasteiger partial charge in [-0.05, 0) is 32.6 Å². The van der Waals surface area contributed by atoms with Crippen LogP contribution in [0, 0.1) is 5.92 Å². The van der Waals surface area contributed by atoms with E-state index in [9.17, 15) is 0 Å². The normalized spacial score (nSPS) is 30.4. The molecule has 1 aliphatic heterocycles. The third-order valence-corrected chi connectivity index (χ3v) is 4.11. The minimum atomic E-state index is 0.270. The molecule has 0 aromatic heterocycles. The lowest BCUT2D eigenvalue weighted by molar-refractivity contribution is -0.0710. The fourth-order valence-corrected chi connectivity index (χ4v) is 2.73. The van der Waals surface area contributed by atoms with Crippen molar-refractivity contribution in [1.29, 1.82) is 0 Å². The summed E-state index contributed by atoms with van der Waals surface area (Å²) in [6.07, 6.45) is 4.22. The minimum absolute atomic E-state index is 0.270. The second-order valence-corrected chi connectivity index (χ2v) is 5.38. The predicted molar refractivity (Wildman–Crippen MR) is 64.9 cm³/mol. The molecule has 16 heavy (non-hydrogen) atoms. The van der Waals surface area contributed by atoms with Gasteiger partial charge in [-0.2, -0.15) is 0 Å². The Hall–Kier alpha value is -0.160. The van der Waals surface area contributed by atoms with Crippen molar-refractivity contribution in [3.05, 3.63) is 0 Å². The quantitative estimate of drug-likeness (QED) is 0.549. The summed E-state index contributed by atoms with van der Waals surface area (Å²) < 4.78 is 5.88. The van der Waals surface area contributed by atoms with Crippen molar-refractivity contribution in [3.63, 3.8) is 0 Å². The molecular formula is C12H25N3O. The second-order valence-electron chi connectivity index (χ2n) is 5.38. The van der Waals surface area contributed by atoms with E-state index < -0.39 is 0 Å². The first-order chi connectivity index (χ1) is 7.72. The molecule has 0 bridgehead atoms. The Bertz CT molecular complexity index is 218. The van der Waals surface area contributed by atoms with Crippen molar-refractivity contribution in [1.82, 2.24) is 10.3 Å². The minimum Gasteiger partial charge on any atom is -0.374 e. The number of hydrogen-bond donors (Lipinski definition) is 2. The molecular weight excluding hydrogens is 202 g/mol. The fourth-order valence-electron chi connectivity index (χ4n) is 2.73. The molecule has 1 heterocycles. The highest BCUT2D eigenvalue weighted by Crippen LogP contribution is 2.32. The number of nitrogens with one attached hydrogen (secondary N) is 1. The maximum absolute atomic E-state index is 5.88. The topological polar surface area (TPSA) is 50.5 Å². The molecule has 94 valence electrons. The van der Waals surface area contributed by atoms with E-state index in [-0.39, 0.29) is 6.10 Å². The summed E-state index contributed by atoms with van der Waals surface area (Å²) in [7, 11) is 0. The van der Waals surface area contributed by atoms with Crippen molar-refractivity contribution < 1.29 is 4.74 Å². The van der Waals surface area contributed by atoms with E-state index in [1.165, 1.54) is 19.3 Å². The lowest BCUT2D eigenvalue weighted by atomic mass is 9.77. The molecule has 0 spiro atoms. The van der Waals surface area contributed by atoms with E-state index >= 15 is 0 Å². The van der Waals surface area contributed by atoms with Gasteiger partial charge >= 0.3 is 0 Å². The first-order valence-electron chi connectivity index (χ1n) is 6.54. The lowest BCUT2D eigenvalue weighted by Gasteiger charge is -2.43. The van der Waals surface area contributed by atoms with Gasteiger partial charge < -0.3 is 4.74 Å². The SMILES string of the molecule is CC(C)N1CCOC(C(NN)C2CCC2)C1. The maximum Gasteiger partial charge on any atom is 0.0871 e. The van der Waals surface area contributed by atoms with Gasteiger partial charge in [0.15, 0.2) is 0 Å². The van der Waals surface area contributed by atoms with Crippen LogP contribution in [-0.2, 0) is 4.74 Å². The van der Waals surface area contributed by atoms with Gasteiger partial charge in [0.05, 0.1) is 18.8 Å². The molecule has 0 aromatic carbocycles. The third-order valence-electron chi connectivity index (χ3n) is 4.11. The fraction of sp³-hybridized carbons (Fsp3) is 1.00. The van der Waals surface area contributed by atoms with E-state index in [2.05, 4.69) is 24.2 Å². The molecule has 2 aliphatic rings. The zero-order valence-corrected chi connectivity index (χ0v) is 10.5. The number of morpholine rings is 1. The highest BCUT2D eigenvalue weighted by molar-refractivity contribution is 4.90. The van der Waals surface area contributed by atoms with Crippen molar-refractivity contribution in [3.8, 4) is 0 Å². The van der Waals surface area contributed by atoms with Crippen LogP contribution in [0.1, 0.15) is 33.1 Å². The molecule has 4 heteroatoms. The van der Waals surface area contributed by atoms with Crippen LogP contribution < -0.4 is 11.3 Å². The highest BCUT2D eigenvalue weighted by Gasteiger charge is 2.36. The Morgan fingerprint density at radius 1 is 1.38 bits per heavy atom. The smallest absolute Gasteiger partial charge is 0.0871 e. The van der Waals surface area contributed by atoms with Gasteiger partial charge in [0.2, 0.25) is 0 Å². The second kappa shape index (κ2) is 5.45. The average molecular weight is 227 g/mol. The number of rotatable bonds is 4. The summed E-state index contributed by atoms with van der Waals surface area (Å²) in [6, 6.07) is 0.946. The average Bonchev–Trinajstić information content (AvgIpc) is 2.23. The van der Waals surface area contributed by atoms with Crippen LogP contribution in [0.3, 0.4) is 0 Å². The lowest BCUT2D eigenvalue weighted by Crippen LogP contribution is -2.58. The van der Waals surface area contributed by atoms with Gasteiger partial charge in [0, 0.05) is 19.1 Å². The molecule has 2 atom stereocenters. The van der Waals surface area contributed by atoms with E-state index in [4.69, 9.17) is 10.6 Å². The van der Waals surface area contributed by atoms with Crippen LogP contribution in [0.25, 0.3) is 0 Å². The van der Waals surface area contributed by atoms with Gasteiger partial charge in [-0.25, -0.2) is 0 Å². The van der Waals surface area contributed by atoms with Crippen LogP contribution >= 0.6 is 0 Å². The Morgan fingerprint density at radius 3 is 2.62 bits per heavy atom. The third kappa shape index (κ3) is 2.56. The van der Waals surface area contributed by atoms with Gasteiger partial charge in [-0.3, -0.25) is 16.2 Å². The number of ether oxygens (including phenoxy) is 1. The van der Waals surface area contributed by atoms with Crippen molar-refractivity contribution in [2.45, 2.75) is 51.3 Å². The van der Waals surface area contributed by atoms with Crippen LogP contribution in [0.4, 0.5) is 0 Å². The predicted octanol–water partition coefficient (Wildman–Crippen LogP) is 0.728. The zero-order valence-electron chi connectivity index (χ0n) is 10.5. The van der Waals surface area contributed by atoms with Crippen molar-refractivity contribution >= 4 is 0 Å². The number of nitrogens with two attached hydrogens (primary N) is 1. The van der Waals surface area contributed by atoms with Crippen molar-refractivity contribution in [2.24, 2.45) is 11.8 Å². The summed E-state index contributed by atoms with van der Waals surface area (Å²) in [5.74, 6) is 6.41. The molecule has 2 unspecified atom stereocenters. The molecule has 0 amide bonds. The monoisotopic (exact) mass is 227 g/mol. The molecule has 1 saturated heterocycles. The van der Waals surface area contributed by atoms with Gasteiger partial charge in [0.25, 0.3) is 0 Å². The molecule has 4 nitrogen and oxygen atoms in total. The van der Waals surface area contributed by atoms with Gasteiger partial charge in [-0.1, -0.05) is 6.42 Å². The largest absolute Gasteiger partial charge is 0.374 e. The van der Waals surface area contributed by atoms with Crippen LogP contribution in [0.2, 0.25) is 0 Å². The summed E-state index contributed by atoms with van der Waals surface area (Å²) in [5, 5.41) is 0. The molecule has 1 aliphatic carbocycles.